The van der Waals surface area contributed by atoms with Crippen LogP contribution in [0.1, 0.15) is 64.4 Å². The molecule has 6 rings (SSSR count). The summed E-state index contributed by atoms with van der Waals surface area (Å²) in [5, 5.41) is 9.49. The second kappa shape index (κ2) is 5.62. The van der Waals surface area contributed by atoms with Gasteiger partial charge in [-0.3, -0.25) is 4.79 Å². The molecule has 3 heteroatoms. The summed E-state index contributed by atoms with van der Waals surface area (Å²) in [6.45, 7) is 6.44. The van der Waals surface area contributed by atoms with Crippen molar-refractivity contribution in [1.29, 1.82) is 0 Å². The van der Waals surface area contributed by atoms with Gasteiger partial charge in [0, 0.05) is 13.1 Å². The van der Waals surface area contributed by atoms with Crippen LogP contribution in [0.25, 0.3) is 5.57 Å². The van der Waals surface area contributed by atoms with E-state index in [-0.39, 0.29) is 5.41 Å². The minimum atomic E-state index is -0.0905. The van der Waals surface area contributed by atoms with Gasteiger partial charge in [0.25, 0.3) is 0 Å². The Bertz CT molecular complexity index is 790. The van der Waals surface area contributed by atoms with Crippen LogP contribution in [0.3, 0.4) is 0 Å². The average molecular weight is 366 g/mol. The molecular weight excluding hydrogens is 334 g/mol. The van der Waals surface area contributed by atoms with Gasteiger partial charge in [0.05, 0.1) is 5.41 Å². The summed E-state index contributed by atoms with van der Waals surface area (Å²) in [6.07, 6.45) is 10.5. The Labute approximate surface area is 162 Å². The predicted molar refractivity (Wildman–Crippen MR) is 107 cm³/mol. The van der Waals surface area contributed by atoms with Gasteiger partial charge in [0.2, 0.25) is 5.91 Å². The Morgan fingerprint density at radius 3 is 2.26 bits per heavy atom. The zero-order valence-corrected chi connectivity index (χ0v) is 16.6. The fourth-order valence-electron chi connectivity index (χ4n) is 7.81. The van der Waals surface area contributed by atoms with Gasteiger partial charge in [-0.2, -0.15) is 0 Å². The first kappa shape index (κ1) is 17.3. The van der Waals surface area contributed by atoms with E-state index in [0.717, 1.165) is 50.3 Å². The van der Waals surface area contributed by atoms with Crippen molar-refractivity contribution in [2.24, 2.45) is 22.2 Å². The lowest BCUT2D eigenvalue weighted by Crippen LogP contribution is -2.60. The van der Waals surface area contributed by atoms with Gasteiger partial charge in [-0.05, 0) is 85.0 Å². The summed E-state index contributed by atoms with van der Waals surface area (Å²) in [4.78, 5) is 15.8. The van der Waals surface area contributed by atoms with Gasteiger partial charge in [-0.1, -0.05) is 32.1 Å². The topological polar surface area (TPSA) is 40.5 Å². The lowest BCUT2D eigenvalue weighted by molar-refractivity contribution is -0.179. The van der Waals surface area contributed by atoms with Gasteiger partial charge in [-0.25, -0.2) is 0 Å². The minimum absolute atomic E-state index is 0.0905. The highest BCUT2D eigenvalue weighted by molar-refractivity contribution is 5.84. The van der Waals surface area contributed by atoms with Crippen LogP contribution in [0.2, 0.25) is 0 Å². The maximum absolute atomic E-state index is 13.7. The first-order valence-electron chi connectivity index (χ1n) is 10.6. The fraction of sp³-hybridized carbons (Fsp3) is 0.625. The second-order valence-electron chi connectivity index (χ2n) is 10.7. The predicted octanol–water partition coefficient (Wildman–Crippen LogP) is 5.00. The Balaban J connectivity index is 1.36. The van der Waals surface area contributed by atoms with Gasteiger partial charge in [-0.15, -0.1) is 0 Å². The highest BCUT2D eigenvalue weighted by atomic mass is 16.3. The quantitative estimate of drug-likeness (QED) is 0.801. The zero-order chi connectivity index (χ0) is 18.9. The average Bonchev–Trinajstić information content (AvgIpc) is 2.59. The van der Waals surface area contributed by atoms with Crippen molar-refractivity contribution in [1.82, 2.24) is 4.90 Å². The third kappa shape index (κ3) is 2.81. The molecule has 0 spiro atoms. The number of phenols is 1. The van der Waals surface area contributed by atoms with Gasteiger partial charge in [0.1, 0.15) is 5.75 Å². The SMILES string of the molecule is CC12CC3CC(C)(C1)CC(C(=O)N1CC=C(c4ccc(O)cc4)CC1)(C3)C2. The lowest BCUT2D eigenvalue weighted by atomic mass is 9.40. The number of nitrogens with zero attached hydrogens (tertiary/aromatic N) is 1. The molecule has 0 radical (unpaired) electrons. The number of amides is 1. The van der Waals surface area contributed by atoms with E-state index in [1.54, 1.807) is 12.1 Å². The zero-order valence-electron chi connectivity index (χ0n) is 16.6. The molecule has 1 aliphatic heterocycles. The Hall–Kier alpha value is -1.77. The molecule has 27 heavy (non-hydrogen) atoms. The van der Waals surface area contributed by atoms with Gasteiger partial charge >= 0.3 is 0 Å². The van der Waals surface area contributed by atoms with Crippen molar-refractivity contribution in [2.45, 2.75) is 58.8 Å². The largest absolute Gasteiger partial charge is 0.508 e. The van der Waals surface area contributed by atoms with E-state index >= 15 is 0 Å². The molecule has 2 atom stereocenters. The Morgan fingerprint density at radius 1 is 1.04 bits per heavy atom. The van der Waals surface area contributed by atoms with Crippen molar-refractivity contribution in [2.75, 3.05) is 13.1 Å². The number of carbonyl (C=O) groups excluding carboxylic acids is 1. The third-order valence-corrected chi connectivity index (χ3v) is 7.81. The molecule has 4 bridgehead atoms. The molecule has 4 aliphatic carbocycles. The maximum Gasteiger partial charge on any atom is 0.229 e. The van der Waals surface area contributed by atoms with E-state index < -0.39 is 0 Å². The van der Waals surface area contributed by atoms with E-state index in [1.807, 2.05) is 12.1 Å². The van der Waals surface area contributed by atoms with Crippen LogP contribution in [0, 0.1) is 22.2 Å². The molecule has 4 fully saturated rings. The maximum atomic E-state index is 13.7. The van der Waals surface area contributed by atoms with Crippen molar-refractivity contribution >= 4 is 11.5 Å². The summed E-state index contributed by atoms with van der Waals surface area (Å²) in [7, 11) is 0. The molecule has 1 aromatic rings. The van der Waals surface area contributed by atoms with Crippen LogP contribution < -0.4 is 0 Å². The normalized spacial score (nSPS) is 40.1. The monoisotopic (exact) mass is 365 g/mol. The summed E-state index contributed by atoms with van der Waals surface area (Å²) >= 11 is 0. The molecule has 144 valence electrons. The van der Waals surface area contributed by atoms with E-state index in [2.05, 4.69) is 24.8 Å². The number of carbonyl (C=O) groups is 1. The first-order valence-corrected chi connectivity index (χ1v) is 10.6. The van der Waals surface area contributed by atoms with Crippen LogP contribution in [0.15, 0.2) is 30.3 Å². The van der Waals surface area contributed by atoms with E-state index in [0.29, 0.717) is 22.5 Å². The standard InChI is InChI=1S/C24H31NO2/c1-22-11-17-12-23(2,14-22)16-24(13-17,15-22)21(27)25-9-7-19(8-10-25)18-3-5-20(26)6-4-18/h3-7,17,26H,8-16H2,1-2H3. The Morgan fingerprint density at radius 2 is 1.70 bits per heavy atom. The molecule has 5 aliphatic rings. The lowest BCUT2D eigenvalue weighted by Gasteiger charge is -2.65. The first-order chi connectivity index (χ1) is 12.8. The van der Waals surface area contributed by atoms with Crippen LogP contribution in [-0.4, -0.2) is 29.0 Å². The fourth-order valence-corrected chi connectivity index (χ4v) is 7.81. The van der Waals surface area contributed by atoms with Gasteiger partial charge in [0.15, 0.2) is 0 Å². The van der Waals surface area contributed by atoms with Crippen LogP contribution in [-0.2, 0) is 4.79 Å². The Kier molecular flexibility index (Phi) is 3.61. The molecule has 3 nitrogen and oxygen atoms in total. The van der Waals surface area contributed by atoms with E-state index in [9.17, 15) is 9.90 Å². The van der Waals surface area contributed by atoms with Crippen molar-refractivity contribution < 1.29 is 9.90 Å². The number of benzene rings is 1. The molecule has 2 unspecified atom stereocenters. The summed E-state index contributed by atoms with van der Waals surface area (Å²) in [6, 6.07) is 7.42. The number of hydrogen-bond donors (Lipinski definition) is 1. The molecule has 1 aromatic carbocycles. The van der Waals surface area contributed by atoms with Gasteiger partial charge < -0.3 is 10.0 Å². The molecule has 1 heterocycles. The molecule has 1 N–H and O–H groups in total. The molecule has 4 saturated carbocycles. The number of hydrogen-bond acceptors (Lipinski definition) is 2. The summed E-state index contributed by atoms with van der Waals surface area (Å²) in [5.41, 5.74) is 3.13. The van der Waals surface area contributed by atoms with Crippen LogP contribution >= 0.6 is 0 Å². The minimum Gasteiger partial charge on any atom is -0.508 e. The number of rotatable bonds is 2. The van der Waals surface area contributed by atoms with E-state index in [4.69, 9.17) is 0 Å². The van der Waals surface area contributed by atoms with Crippen molar-refractivity contribution in [3.05, 3.63) is 35.9 Å². The van der Waals surface area contributed by atoms with Crippen molar-refractivity contribution in [3.63, 3.8) is 0 Å². The highest BCUT2D eigenvalue weighted by Crippen LogP contribution is 2.69. The smallest absolute Gasteiger partial charge is 0.229 e. The summed E-state index contributed by atoms with van der Waals surface area (Å²) < 4.78 is 0. The highest BCUT2D eigenvalue weighted by Gasteiger charge is 2.63. The van der Waals surface area contributed by atoms with E-state index in [1.165, 1.54) is 24.8 Å². The molecule has 0 aromatic heterocycles. The molecular formula is C24H31NO2. The van der Waals surface area contributed by atoms with Crippen molar-refractivity contribution in [3.8, 4) is 5.75 Å². The molecule has 0 saturated heterocycles. The van der Waals surface area contributed by atoms with Crippen LogP contribution in [0.4, 0.5) is 0 Å². The number of phenolic OH excluding ortho intramolecular Hbond substituents is 1. The third-order valence-electron chi connectivity index (χ3n) is 7.81. The summed E-state index contributed by atoms with van der Waals surface area (Å²) in [5.74, 6) is 1.49. The number of aromatic hydroxyl groups is 1. The van der Waals surface area contributed by atoms with Crippen LogP contribution in [0.5, 0.6) is 5.75 Å². The molecule has 1 amide bonds. The second-order valence-corrected chi connectivity index (χ2v) is 10.7.